The van der Waals surface area contributed by atoms with Crippen molar-refractivity contribution in [3.63, 3.8) is 0 Å². The number of allylic oxidation sites excluding steroid dienone is 6. The van der Waals surface area contributed by atoms with E-state index in [1.54, 1.807) is 53.7 Å². The molecule has 2 heterocycles. The van der Waals surface area contributed by atoms with Crippen molar-refractivity contribution in [1.29, 1.82) is 0 Å². The van der Waals surface area contributed by atoms with Crippen LogP contribution in [-0.4, -0.2) is 133 Å². The zero-order valence-electron chi connectivity index (χ0n) is 36.2. The van der Waals surface area contributed by atoms with E-state index in [0.29, 0.717) is 25.9 Å². The normalized spacial score (nSPS) is 23.1. The van der Waals surface area contributed by atoms with E-state index in [1.165, 1.54) is 16.9 Å². The van der Waals surface area contributed by atoms with Gasteiger partial charge in [-0.3, -0.25) is 19.2 Å². The number of carbonyl (C=O) groups excluding carboxylic acids is 5. The maximum atomic E-state index is 16.1. The predicted octanol–water partition coefficient (Wildman–Crippen LogP) is 5.20. The molecule has 2 N–H and O–H groups in total. The predicted molar refractivity (Wildman–Crippen MR) is 218 cm³/mol. The number of amides is 5. The van der Waals surface area contributed by atoms with Crippen LogP contribution < -0.4 is 10.6 Å². The zero-order valence-corrected chi connectivity index (χ0v) is 36.2. The third-order valence-electron chi connectivity index (χ3n) is 11.6. The highest BCUT2D eigenvalue weighted by atomic mass is 19.1. The zero-order chi connectivity index (χ0) is 42.7. The maximum absolute atomic E-state index is 16.1. The molecule has 0 spiro atoms. The van der Waals surface area contributed by atoms with E-state index >= 15 is 4.39 Å². The number of hydrogen-bond acceptors (Lipinski definition) is 8. The van der Waals surface area contributed by atoms with Crippen molar-refractivity contribution < 1.29 is 42.6 Å². The minimum absolute atomic E-state index is 0.00240. The number of nitrogens with zero attached hydrogens (tertiary/aromatic N) is 3. The van der Waals surface area contributed by atoms with Gasteiger partial charge in [-0.25, -0.2) is 9.18 Å². The van der Waals surface area contributed by atoms with E-state index in [-0.39, 0.29) is 49.1 Å². The molecule has 0 aromatic heterocycles. The number of carbonyl (C=O) groups is 5. The number of likely N-dealkylation sites (N-methyl/N-ethyl adjacent to an activating group) is 1. The van der Waals surface area contributed by atoms with Crippen molar-refractivity contribution in [2.75, 3.05) is 47.4 Å². The lowest BCUT2D eigenvalue weighted by Gasteiger charge is -2.41. The average Bonchev–Trinajstić information content (AvgIpc) is 3.73. The quantitative estimate of drug-likeness (QED) is 0.192. The third-order valence-corrected chi connectivity index (χ3v) is 11.6. The van der Waals surface area contributed by atoms with E-state index < -0.39 is 71.8 Å². The molecular weight excluding hydrogens is 733 g/mol. The number of methoxy groups -OCH3 is 2. The van der Waals surface area contributed by atoms with Gasteiger partial charge in [0.15, 0.2) is 0 Å². The fourth-order valence-electron chi connectivity index (χ4n) is 8.07. The Labute approximate surface area is 340 Å². The van der Waals surface area contributed by atoms with Crippen molar-refractivity contribution in [2.24, 2.45) is 23.7 Å². The van der Waals surface area contributed by atoms with Gasteiger partial charge < -0.3 is 39.5 Å². The number of hydrogen-bond donors (Lipinski definition) is 2. The van der Waals surface area contributed by atoms with Gasteiger partial charge in [0.05, 0.1) is 43.2 Å². The van der Waals surface area contributed by atoms with Crippen LogP contribution in [0.2, 0.25) is 0 Å². The number of halogens is 1. The van der Waals surface area contributed by atoms with Crippen molar-refractivity contribution in [3.05, 3.63) is 36.5 Å². The maximum Gasteiger partial charge on any atom is 0.410 e. The van der Waals surface area contributed by atoms with Crippen LogP contribution in [0.15, 0.2) is 36.5 Å². The summed E-state index contributed by atoms with van der Waals surface area (Å²) in [7, 11) is 4.71. The molecule has 0 saturated carbocycles. The molecule has 0 unspecified atom stereocenters. The summed E-state index contributed by atoms with van der Waals surface area (Å²) in [6.45, 7) is 15.0. The van der Waals surface area contributed by atoms with Gasteiger partial charge in [-0.2, -0.15) is 0 Å². The van der Waals surface area contributed by atoms with Crippen LogP contribution >= 0.6 is 0 Å². The standard InChI is InChI=1S/C43H70FN5O8/c1-12-29(4)36(47(9)39(52)35(28(2)3)46-40(53)43(44)22-25-48(27-43)41(54)57-42(6,7)8)33(55-10)26-34(50)49-24-17-20-32(49)37(56-11)30(5)38(51)45-23-21-31-18-15-13-14-16-19-31/h13-16,18-19,28-33,35-37H,12,17,20-27H2,1-11H3,(H,45,51)(H,46,53)/t29-,30+,32-,33+,35-,36-,37+,43-/m0/s1. The molecule has 322 valence electrons. The summed E-state index contributed by atoms with van der Waals surface area (Å²) in [5.41, 5.74) is -3.18. The Hall–Kier alpha value is -3.78. The molecule has 3 aliphatic rings. The molecule has 0 bridgehead atoms. The van der Waals surface area contributed by atoms with Crippen LogP contribution in [0.25, 0.3) is 0 Å². The van der Waals surface area contributed by atoms with Gasteiger partial charge in [0.2, 0.25) is 23.4 Å². The topological polar surface area (TPSA) is 147 Å². The molecule has 0 radical (unpaired) electrons. The van der Waals surface area contributed by atoms with Gasteiger partial charge in [-0.1, -0.05) is 77.5 Å². The number of likely N-dealkylation sites (tertiary alicyclic amines) is 2. The van der Waals surface area contributed by atoms with E-state index in [2.05, 4.69) is 22.8 Å². The summed E-state index contributed by atoms with van der Waals surface area (Å²) in [6.07, 6.45) is 12.8. The molecule has 2 saturated heterocycles. The molecule has 2 fully saturated rings. The van der Waals surface area contributed by atoms with Gasteiger partial charge >= 0.3 is 6.09 Å². The molecule has 3 rings (SSSR count). The van der Waals surface area contributed by atoms with E-state index in [4.69, 9.17) is 14.2 Å². The third kappa shape index (κ3) is 12.9. The summed E-state index contributed by atoms with van der Waals surface area (Å²) in [6, 6.07) is -1.97. The van der Waals surface area contributed by atoms with E-state index in [9.17, 15) is 24.0 Å². The first-order valence-electron chi connectivity index (χ1n) is 20.7. The highest BCUT2D eigenvalue weighted by Crippen LogP contribution is 2.31. The Morgan fingerprint density at radius 2 is 1.63 bits per heavy atom. The average molecular weight is 804 g/mol. The summed E-state index contributed by atoms with van der Waals surface area (Å²) < 4.78 is 33.4. The Bertz CT molecular complexity index is 1460. The lowest BCUT2D eigenvalue weighted by Crippen LogP contribution is -2.60. The molecule has 0 aromatic rings. The number of ether oxygens (including phenoxy) is 3. The first-order valence-corrected chi connectivity index (χ1v) is 20.7. The second kappa shape index (κ2) is 21.3. The highest BCUT2D eigenvalue weighted by molar-refractivity contribution is 5.92. The molecule has 8 atom stereocenters. The fraction of sp³-hybridized carbons (Fsp3) is 0.744. The largest absolute Gasteiger partial charge is 0.444 e. The Morgan fingerprint density at radius 3 is 2.19 bits per heavy atom. The second-order valence-corrected chi connectivity index (χ2v) is 17.3. The van der Waals surface area contributed by atoms with Crippen LogP contribution in [0.4, 0.5) is 9.18 Å². The van der Waals surface area contributed by atoms with Gasteiger partial charge in [0.25, 0.3) is 5.91 Å². The van der Waals surface area contributed by atoms with Gasteiger partial charge in [-0.05, 0) is 57.8 Å². The molecule has 5 amide bonds. The molecule has 0 aromatic carbocycles. The first-order chi connectivity index (χ1) is 26.8. The molecule has 14 heteroatoms. The molecule has 2 aliphatic heterocycles. The van der Waals surface area contributed by atoms with Crippen LogP contribution in [0, 0.1) is 23.7 Å². The van der Waals surface area contributed by atoms with Gasteiger partial charge in [-0.15, -0.1) is 0 Å². The number of alkyl halides is 1. The van der Waals surface area contributed by atoms with Crippen molar-refractivity contribution >= 4 is 29.7 Å². The van der Waals surface area contributed by atoms with Crippen molar-refractivity contribution in [2.45, 2.75) is 136 Å². The Kier molecular flexibility index (Phi) is 17.8. The summed E-state index contributed by atoms with van der Waals surface area (Å²) >= 11 is 0. The Balaban J connectivity index is 1.71. The minimum Gasteiger partial charge on any atom is -0.444 e. The summed E-state index contributed by atoms with van der Waals surface area (Å²) in [5, 5.41) is 5.72. The molecule has 57 heavy (non-hydrogen) atoms. The lowest BCUT2D eigenvalue weighted by molar-refractivity contribution is -0.148. The number of rotatable bonds is 18. The fourth-order valence-corrected chi connectivity index (χ4v) is 8.07. The van der Waals surface area contributed by atoms with Crippen LogP contribution in [0.3, 0.4) is 0 Å². The van der Waals surface area contributed by atoms with E-state index in [0.717, 1.165) is 12.8 Å². The number of nitrogens with one attached hydrogen (secondary N) is 2. The SMILES string of the molecule is CC[C@H](C)[C@@H]([C@@H](CC(=O)N1CCC[C@H]1[C@H](OC)[C@@H](C)C(=O)NCCC1C=CC=CC=C1)OC)N(C)C(=O)[C@@H](NC(=O)[C@]1(F)CCN(C(=O)OC(C)(C)C)C1)C(C)C. The lowest BCUT2D eigenvalue weighted by atomic mass is 9.89. The van der Waals surface area contributed by atoms with Gasteiger partial charge in [0, 0.05) is 47.3 Å². The molecule has 13 nitrogen and oxygen atoms in total. The smallest absolute Gasteiger partial charge is 0.410 e. The molecule has 1 aliphatic carbocycles. The summed E-state index contributed by atoms with van der Waals surface area (Å²) in [4.78, 5) is 72.4. The van der Waals surface area contributed by atoms with Crippen molar-refractivity contribution in [1.82, 2.24) is 25.3 Å². The van der Waals surface area contributed by atoms with Crippen LogP contribution in [0.5, 0.6) is 0 Å². The highest BCUT2D eigenvalue weighted by Gasteiger charge is 2.49. The summed E-state index contributed by atoms with van der Waals surface area (Å²) in [5.74, 6) is -2.51. The minimum atomic E-state index is -2.40. The van der Waals surface area contributed by atoms with E-state index in [1.807, 2.05) is 45.1 Å². The Morgan fingerprint density at radius 1 is 0.982 bits per heavy atom. The van der Waals surface area contributed by atoms with Gasteiger partial charge in [0.1, 0.15) is 11.6 Å². The van der Waals surface area contributed by atoms with Crippen molar-refractivity contribution in [3.8, 4) is 0 Å². The monoisotopic (exact) mass is 804 g/mol. The first kappa shape index (κ1) is 47.6. The van der Waals surface area contributed by atoms with Crippen LogP contribution in [-0.2, 0) is 33.4 Å². The van der Waals surface area contributed by atoms with Crippen LogP contribution in [0.1, 0.15) is 93.9 Å². The second-order valence-electron chi connectivity index (χ2n) is 17.3. The molecular formula is C43H70FN5O8.